The number of rotatable bonds is 7. The van der Waals surface area contributed by atoms with E-state index in [0.29, 0.717) is 12.1 Å². The summed E-state index contributed by atoms with van der Waals surface area (Å²) in [6, 6.07) is 1.17. The van der Waals surface area contributed by atoms with E-state index in [4.69, 9.17) is 0 Å². The molecule has 1 N–H and O–H groups in total. The Balaban J connectivity index is 3.68. The number of hydrogen-bond acceptors (Lipinski definition) is 3. The van der Waals surface area contributed by atoms with Gasteiger partial charge in [0.2, 0.25) is 0 Å². The van der Waals surface area contributed by atoms with Gasteiger partial charge in [-0.1, -0.05) is 6.92 Å². The molecule has 86 valence electrons. The van der Waals surface area contributed by atoms with Gasteiger partial charge >= 0.3 is 0 Å². The third-order valence-electron chi connectivity index (χ3n) is 2.34. The fourth-order valence-corrected chi connectivity index (χ4v) is 1.57. The molecule has 0 aromatic rings. The second kappa shape index (κ2) is 7.21. The van der Waals surface area contributed by atoms with Gasteiger partial charge in [-0.3, -0.25) is 10.3 Å². The van der Waals surface area contributed by atoms with Crippen molar-refractivity contribution < 1.29 is 0 Å². The summed E-state index contributed by atoms with van der Waals surface area (Å²) in [5.41, 5.74) is 3.37. The lowest BCUT2D eigenvalue weighted by molar-refractivity contribution is 0.155. The quantitative estimate of drug-likeness (QED) is 0.631. The van der Waals surface area contributed by atoms with Crippen LogP contribution in [0.2, 0.25) is 0 Å². The molecular weight excluding hydrogens is 174 g/mol. The zero-order chi connectivity index (χ0) is 11.1. The van der Waals surface area contributed by atoms with Crippen molar-refractivity contribution in [3.05, 3.63) is 0 Å². The fourth-order valence-electron chi connectivity index (χ4n) is 1.57. The van der Waals surface area contributed by atoms with E-state index in [1.807, 2.05) is 0 Å². The third-order valence-corrected chi connectivity index (χ3v) is 2.34. The van der Waals surface area contributed by atoms with Crippen LogP contribution in [0.15, 0.2) is 0 Å². The zero-order valence-electron chi connectivity index (χ0n) is 10.7. The van der Waals surface area contributed by atoms with Crippen LogP contribution in [0.25, 0.3) is 0 Å². The Bertz CT molecular complexity index is 134. The number of nitrogens with zero attached hydrogens (tertiary/aromatic N) is 2. The Hall–Kier alpha value is -0.120. The summed E-state index contributed by atoms with van der Waals surface area (Å²) in [5.74, 6) is 0. The largest absolute Gasteiger partial charge is 0.300 e. The molecule has 0 rings (SSSR count). The van der Waals surface area contributed by atoms with Gasteiger partial charge in [0.1, 0.15) is 0 Å². The van der Waals surface area contributed by atoms with Crippen LogP contribution in [-0.4, -0.2) is 48.7 Å². The molecule has 3 nitrogen and oxygen atoms in total. The highest BCUT2D eigenvalue weighted by Crippen LogP contribution is 1.96. The van der Waals surface area contributed by atoms with E-state index in [2.05, 4.69) is 57.0 Å². The number of likely N-dealkylation sites (N-methyl/N-ethyl adjacent to an activating group) is 2. The molecular formula is C11H27N3. The first-order valence-electron chi connectivity index (χ1n) is 5.68. The predicted octanol–water partition coefficient (Wildman–Crippen LogP) is 1.56. The van der Waals surface area contributed by atoms with E-state index in [0.717, 1.165) is 19.6 Å². The maximum absolute atomic E-state index is 3.37. The van der Waals surface area contributed by atoms with Crippen molar-refractivity contribution in [3.8, 4) is 0 Å². The predicted molar refractivity (Wildman–Crippen MR) is 63.3 cm³/mol. The molecule has 0 bridgehead atoms. The Morgan fingerprint density at radius 2 is 1.64 bits per heavy atom. The highest BCUT2D eigenvalue weighted by Gasteiger charge is 2.07. The molecule has 0 radical (unpaired) electrons. The van der Waals surface area contributed by atoms with Crippen molar-refractivity contribution in [1.82, 2.24) is 15.3 Å². The summed E-state index contributed by atoms with van der Waals surface area (Å²) >= 11 is 0. The van der Waals surface area contributed by atoms with Crippen LogP contribution >= 0.6 is 0 Å². The zero-order valence-corrected chi connectivity index (χ0v) is 10.7. The van der Waals surface area contributed by atoms with Gasteiger partial charge in [-0.2, -0.15) is 0 Å². The van der Waals surface area contributed by atoms with Crippen molar-refractivity contribution in [3.63, 3.8) is 0 Å². The highest BCUT2D eigenvalue weighted by molar-refractivity contribution is 4.62. The van der Waals surface area contributed by atoms with Gasteiger partial charge in [0.25, 0.3) is 0 Å². The molecule has 3 heteroatoms. The summed E-state index contributed by atoms with van der Waals surface area (Å²) < 4.78 is 0. The van der Waals surface area contributed by atoms with Gasteiger partial charge in [-0.15, -0.1) is 0 Å². The third kappa shape index (κ3) is 6.35. The van der Waals surface area contributed by atoms with Crippen molar-refractivity contribution in [2.45, 2.75) is 46.7 Å². The van der Waals surface area contributed by atoms with Gasteiger partial charge in [-0.25, -0.2) is 5.01 Å². The molecule has 0 aliphatic carbocycles. The van der Waals surface area contributed by atoms with Crippen molar-refractivity contribution in [1.29, 1.82) is 0 Å². The van der Waals surface area contributed by atoms with Crippen molar-refractivity contribution in [2.24, 2.45) is 0 Å². The molecule has 0 spiro atoms. The lowest BCUT2D eigenvalue weighted by Crippen LogP contribution is -2.44. The van der Waals surface area contributed by atoms with E-state index in [9.17, 15) is 0 Å². The number of hydrogen-bond donors (Lipinski definition) is 1. The second-order valence-corrected chi connectivity index (χ2v) is 4.43. The van der Waals surface area contributed by atoms with Gasteiger partial charge in [0.05, 0.1) is 0 Å². The molecule has 0 unspecified atom stereocenters. The topological polar surface area (TPSA) is 18.5 Å². The molecule has 0 aromatic heterocycles. The normalized spacial score (nSPS) is 12.4. The summed E-state index contributed by atoms with van der Waals surface area (Å²) in [7, 11) is 2.11. The van der Waals surface area contributed by atoms with Crippen LogP contribution in [-0.2, 0) is 0 Å². The van der Waals surface area contributed by atoms with Crippen LogP contribution in [0, 0.1) is 0 Å². The molecule has 0 aliphatic heterocycles. The molecule has 0 fully saturated rings. The van der Waals surface area contributed by atoms with Crippen molar-refractivity contribution in [2.75, 3.05) is 26.7 Å². The lowest BCUT2D eigenvalue weighted by Gasteiger charge is -2.28. The molecule has 0 heterocycles. The molecule has 0 saturated carbocycles. The second-order valence-electron chi connectivity index (χ2n) is 4.43. The van der Waals surface area contributed by atoms with Crippen LogP contribution in [0.5, 0.6) is 0 Å². The average Bonchev–Trinajstić information content (AvgIpc) is 2.03. The van der Waals surface area contributed by atoms with Crippen molar-refractivity contribution >= 4 is 0 Å². The first-order valence-corrected chi connectivity index (χ1v) is 5.68. The average molecular weight is 201 g/mol. The molecule has 0 amide bonds. The molecule has 0 aromatic carbocycles. The monoisotopic (exact) mass is 201 g/mol. The van der Waals surface area contributed by atoms with Crippen LogP contribution in [0.3, 0.4) is 0 Å². The molecule has 0 saturated heterocycles. The van der Waals surface area contributed by atoms with Gasteiger partial charge < -0.3 is 0 Å². The minimum absolute atomic E-state index is 0.522. The molecule has 0 aliphatic rings. The van der Waals surface area contributed by atoms with Crippen LogP contribution < -0.4 is 5.43 Å². The summed E-state index contributed by atoms with van der Waals surface area (Å²) in [6.07, 6.45) is 0. The standard InChI is InChI=1S/C11H27N3/c1-7-14(11(4)5)9-8-13(6)12-10(2)3/h10-12H,7-9H2,1-6H3. The highest BCUT2D eigenvalue weighted by atomic mass is 15.5. The Labute approximate surface area is 89.4 Å². The maximum atomic E-state index is 3.37. The lowest BCUT2D eigenvalue weighted by atomic mass is 10.3. The minimum Gasteiger partial charge on any atom is -0.300 e. The van der Waals surface area contributed by atoms with E-state index >= 15 is 0 Å². The van der Waals surface area contributed by atoms with Gasteiger partial charge in [-0.05, 0) is 34.2 Å². The Kier molecular flexibility index (Phi) is 7.15. The first-order chi connectivity index (χ1) is 6.47. The fraction of sp³-hybridized carbons (Fsp3) is 1.00. The smallest absolute Gasteiger partial charge is 0.0255 e. The van der Waals surface area contributed by atoms with E-state index in [-0.39, 0.29) is 0 Å². The minimum atomic E-state index is 0.522. The Morgan fingerprint density at radius 1 is 1.07 bits per heavy atom. The summed E-state index contributed by atoms with van der Waals surface area (Å²) in [4.78, 5) is 2.47. The van der Waals surface area contributed by atoms with Crippen LogP contribution in [0.4, 0.5) is 0 Å². The first kappa shape index (κ1) is 13.9. The maximum Gasteiger partial charge on any atom is 0.0255 e. The number of hydrazine groups is 1. The van der Waals surface area contributed by atoms with Crippen LogP contribution in [0.1, 0.15) is 34.6 Å². The van der Waals surface area contributed by atoms with E-state index < -0.39 is 0 Å². The summed E-state index contributed by atoms with van der Waals surface area (Å²) in [6.45, 7) is 14.4. The molecule has 14 heavy (non-hydrogen) atoms. The Morgan fingerprint density at radius 3 is 2.00 bits per heavy atom. The summed E-state index contributed by atoms with van der Waals surface area (Å²) in [5, 5.41) is 2.18. The van der Waals surface area contributed by atoms with E-state index in [1.165, 1.54) is 0 Å². The van der Waals surface area contributed by atoms with Gasteiger partial charge in [0, 0.05) is 32.2 Å². The van der Waals surface area contributed by atoms with Gasteiger partial charge in [0.15, 0.2) is 0 Å². The van der Waals surface area contributed by atoms with E-state index in [1.54, 1.807) is 0 Å². The number of nitrogens with one attached hydrogen (secondary N) is 1. The SMILES string of the molecule is CCN(CCN(C)NC(C)C)C(C)C. The molecule has 0 atom stereocenters.